The SMILES string of the molecule is CC(Sc1nncn1Cc1ccco1)C(=O)Nc1ccccc1. The highest BCUT2D eigenvalue weighted by atomic mass is 32.2. The van der Waals surface area contributed by atoms with E-state index < -0.39 is 0 Å². The Balaban J connectivity index is 1.62. The van der Waals surface area contributed by atoms with E-state index in [2.05, 4.69) is 15.5 Å². The molecule has 0 radical (unpaired) electrons. The van der Waals surface area contributed by atoms with Gasteiger partial charge in [-0.1, -0.05) is 30.0 Å². The minimum absolute atomic E-state index is 0.0752. The highest BCUT2D eigenvalue weighted by Crippen LogP contribution is 2.23. The number of para-hydroxylation sites is 1. The van der Waals surface area contributed by atoms with E-state index >= 15 is 0 Å². The number of amides is 1. The fourth-order valence-corrected chi connectivity index (χ4v) is 2.82. The summed E-state index contributed by atoms with van der Waals surface area (Å²) >= 11 is 1.36. The molecule has 0 bridgehead atoms. The number of benzene rings is 1. The Labute approximate surface area is 137 Å². The van der Waals surface area contributed by atoms with Gasteiger partial charge in [-0.25, -0.2) is 0 Å². The van der Waals surface area contributed by atoms with Crippen LogP contribution >= 0.6 is 11.8 Å². The summed E-state index contributed by atoms with van der Waals surface area (Å²) in [6, 6.07) is 13.1. The Bertz CT molecular complexity index is 756. The molecule has 0 aliphatic carbocycles. The van der Waals surface area contributed by atoms with E-state index in [-0.39, 0.29) is 11.2 Å². The molecule has 1 N–H and O–H groups in total. The lowest BCUT2D eigenvalue weighted by Gasteiger charge is -2.12. The van der Waals surface area contributed by atoms with E-state index in [0.717, 1.165) is 11.4 Å². The van der Waals surface area contributed by atoms with Crippen molar-refractivity contribution in [1.29, 1.82) is 0 Å². The Morgan fingerprint density at radius 2 is 2.13 bits per heavy atom. The first-order valence-corrected chi connectivity index (χ1v) is 8.03. The van der Waals surface area contributed by atoms with E-state index in [9.17, 15) is 4.79 Å². The first-order valence-electron chi connectivity index (χ1n) is 7.15. The monoisotopic (exact) mass is 328 g/mol. The molecule has 0 spiro atoms. The van der Waals surface area contributed by atoms with Gasteiger partial charge in [0.25, 0.3) is 0 Å². The standard InChI is InChI=1S/C16H16N4O2S/c1-12(15(21)18-13-6-3-2-4-7-13)23-16-19-17-11-20(16)10-14-8-5-9-22-14/h2-9,11-12H,10H2,1H3,(H,18,21). The molecule has 3 aromatic rings. The van der Waals surface area contributed by atoms with Gasteiger partial charge in [0.05, 0.1) is 18.1 Å². The molecule has 6 nitrogen and oxygen atoms in total. The van der Waals surface area contributed by atoms with Gasteiger partial charge >= 0.3 is 0 Å². The quantitative estimate of drug-likeness (QED) is 0.704. The summed E-state index contributed by atoms with van der Waals surface area (Å²) in [6.45, 7) is 2.38. The summed E-state index contributed by atoms with van der Waals surface area (Å²) in [4.78, 5) is 12.3. The van der Waals surface area contributed by atoms with Crippen molar-refractivity contribution in [1.82, 2.24) is 14.8 Å². The van der Waals surface area contributed by atoms with Crippen molar-refractivity contribution in [3.05, 3.63) is 60.8 Å². The fraction of sp³-hybridized carbons (Fsp3) is 0.188. The number of anilines is 1. The summed E-state index contributed by atoms with van der Waals surface area (Å²) in [5.74, 6) is 0.738. The van der Waals surface area contributed by atoms with E-state index in [4.69, 9.17) is 4.42 Å². The summed E-state index contributed by atoms with van der Waals surface area (Å²) in [7, 11) is 0. The summed E-state index contributed by atoms with van der Waals surface area (Å²) < 4.78 is 7.19. The summed E-state index contributed by atoms with van der Waals surface area (Å²) in [5, 5.41) is 11.3. The number of hydrogen-bond acceptors (Lipinski definition) is 5. The van der Waals surface area contributed by atoms with Crippen molar-refractivity contribution in [3.8, 4) is 0 Å². The zero-order valence-corrected chi connectivity index (χ0v) is 13.4. The van der Waals surface area contributed by atoms with Crippen LogP contribution in [0.15, 0.2) is 64.6 Å². The topological polar surface area (TPSA) is 73.0 Å². The van der Waals surface area contributed by atoms with E-state index in [1.54, 1.807) is 12.6 Å². The molecule has 0 saturated carbocycles. The van der Waals surface area contributed by atoms with Crippen molar-refractivity contribution in [2.45, 2.75) is 23.9 Å². The molecule has 2 heterocycles. The molecule has 118 valence electrons. The second-order valence-corrected chi connectivity index (χ2v) is 6.24. The summed E-state index contributed by atoms with van der Waals surface area (Å²) in [6.07, 6.45) is 3.26. The highest BCUT2D eigenvalue weighted by Gasteiger charge is 2.18. The fourth-order valence-electron chi connectivity index (χ4n) is 1.99. The van der Waals surface area contributed by atoms with Crippen LogP contribution in [-0.4, -0.2) is 25.9 Å². The molecule has 0 aliphatic rings. The first kappa shape index (κ1) is 15.4. The van der Waals surface area contributed by atoms with Gasteiger partial charge in [-0.05, 0) is 31.2 Å². The predicted molar refractivity (Wildman–Crippen MR) is 88.2 cm³/mol. The van der Waals surface area contributed by atoms with E-state index in [0.29, 0.717) is 11.7 Å². The molecule has 3 rings (SSSR count). The third kappa shape index (κ3) is 4.01. The lowest BCUT2D eigenvalue weighted by atomic mass is 10.3. The Kier molecular flexibility index (Phi) is 4.77. The average molecular weight is 328 g/mol. The number of thioether (sulfide) groups is 1. The van der Waals surface area contributed by atoms with Gasteiger partial charge in [0.2, 0.25) is 5.91 Å². The van der Waals surface area contributed by atoms with Crippen LogP contribution in [0, 0.1) is 0 Å². The zero-order chi connectivity index (χ0) is 16.1. The van der Waals surface area contributed by atoms with Crippen molar-refractivity contribution in [2.24, 2.45) is 0 Å². The molecule has 1 atom stereocenters. The lowest BCUT2D eigenvalue weighted by molar-refractivity contribution is -0.115. The van der Waals surface area contributed by atoms with Gasteiger partial charge < -0.3 is 14.3 Å². The van der Waals surface area contributed by atoms with Crippen LogP contribution in [0.5, 0.6) is 0 Å². The van der Waals surface area contributed by atoms with Gasteiger partial charge in [-0.3, -0.25) is 4.79 Å². The van der Waals surface area contributed by atoms with E-state index in [1.807, 2.05) is 54.0 Å². The number of furan rings is 1. The van der Waals surface area contributed by atoms with Crippen LogP contribution in [0.4, 0.5) is 5.69 Å². The number of carbonyl (C=O) groups excluding carboxylic acids is 1. The first-order chi connectivity index (χ1) is 11.2. The molecule has 1 aromatic carbocycles. The number of nitrogens with zero attached hydrogens (tertiary/aromatic N) is 3. The number of carbonyl (C=O) groups is 1. The number of rotatable bonds is 6. The third-order valence-corrected chi connectivity index (χ3v) is 4.27. The second-order valence-electron chi connectivity index (χ2n) is 4.94. The molecule has 23 heavy (non-hydrogen) atoms. The highest BCUT2D eigenvalue weighted by molar-refractivity contribution is 8.00. The smallest absolute Gasteiger partial charge is 0.237 e. The van der Waals surface area contributed by atoms with Gasteiger partial charge in [0, 0.05) is 5.69 Å². The van der Waals surface area contributed by atoms with Crippen LogP contribution in [0.2, 0.25) is 0 Å². The number of hydrogen-bond donors (Lipinski definition) is 1. The minimum atomic E-state index is -0.297. The number of nitrogens with one attached hydrogen (secondary N) is 1. The molecule has 7 heteroatoms. The van der Waals surface area contributed by atoms with Gasteiger partial charge in [-0.2, -0.15) is 0 Å². The van der Waals surface area contributed by atoms with Crippen LogP contribution in [0.3, 0.4) is 0 Å². The Hall–Kier alpha value is -2.54. The van der Waals surface area contributed by atoms with Crippen molar-refractivity contribution in [2.75, 3.05) is 5.32 Å². The average Bonchev–Trinajstić information content (AvgIpc) is 3.21. The minimum Gasteiger partial charge on any atom is -0.467 e. The molecular formula is C16H16N4O2S. The van der Waals surface area contributed by atoms with Gasteiger partial charge in [0.1, 0.15) is 12.1 Å². The largest absolute Gasteiger partial charge is 0.467 e. The molecule has 1 unspecified atom stereocenters. The Morgan fingerprint density at radius 3 is 2.87 bits per heavy atom. The lowest BCUT2D eigenvalue weighted by Crippen LogP contribution is -2.22. The molecular weight excluding hydrogens is 312 g/mol. The summed E-state index contributed by atoms with van der Waals surface area (Å²) in [5.41, 5.74) is 0.780. The molecule has 0 fully saturated rings. The van der Waals surface area contributed by atoms with Crippen LogP contribution in [-0.2, 0) is 11.3 Å². The molecule has 1 amide bonds. The maximum Gasteiger partial charge on any atom is 0.237 e. The van der Waals surface area contributed by atoms with Crippen molar-refractivity contribution >= 4 is 23.4 Å². The van der Waals surface area contributed by atoms with Crippen molar-refractivity contribution in [3.63, 3.8) is 0 Å². The van der Waals surface area contributed by atoms with Gasteiger partial charge in [-0.15, -0.1) is 10.2 Å². The maximum atomic E-state index is 12.3. The third-order valence-electron chi connectivity index (χ3n) is 3.18. The molecule has 0 saturated heterocycles. The van der Waals surface area contributed by atoms with Crippen LogP contribution in [0.25, 0.3) is 0 Å². The van der Waals surface area contributed by atoms with Crippen molar-refractivity contribution < 1.29 is 9.21 Å². The molecule has 0 aliphatic heterocycles. The van der Waals surface area contributed by atoms with Gasteiger partial charge in [0.15, 0.2) is 5.16 Å². The molecule has 2 aromatic heterocycles. The predicted octanol–water partition coefficient (Wildman–Crippen LogP) is 3.04. The van der Waals surface area contributed by atoms with Crippen LogP contribution < -0.4 is 5.32 Å². The zero-order valence-electron chi connectivity index (χ0n) is 12.5. The van der Waals surface area contributed by atoms with E-state index in [1.165, 1.54) is 11.8 Å². The normalized spacial score (nSPS) is 12.0. The second kappa shape index (κ2) is 7.15. The maximum absolute atomic E-state index is 12.3. The van der Waals surface area contributed by atoms with Crippen LogP contribution in [0.1, 0.15) is 12.7 Å². The Morgan fingerprint density at radius 1 is 1.30 bits per heavy atom. The number of aromatic nitrogens is 3.